The van der Waals surface area contributed by atoms with Gasteiger partial charge in [0.1, 0.15) is 11.5 Å². The predicted molar refractivity (Wildman–Crippen MR) is 108 cm³/mol. The van der Waals surface area contributed by atoms with Crippen molar-refractivity contribution in [3.05, 3.63) is 47.5 Å². The van der Waals surface area contributed by atoms with E-state index in [4.69, 9.17) is 9.47 Å². The number of nitrogens with one attached hydrogen (secondary N) is 1. The Morgan fingerprint density at radius 3 is 2.21 bits per heavy atom. The van der Waals surface area contributed by atoms with E-state index in [9.17, 15) is 13.2 Å². The molecule has 6 nitrogen and oxygen atoms in total. The van der Waals surface area contributed by atoms with E-state index in [-0.39, 0.29) is 16.1 Å². The van der Waals surface area contributed by atoms with E-state index in [1.54, 1.807) is 30.3 Å². The molecule has 0 heterocycles. The summed E-state index contributed by atoms with van der Waals surface area (Å²) in [7, 11) is -0.323. The number of anilines is 1. The van der Waals surface area contributed by atoms with E-state index >= 15 is 0 Å². The van der Waals surface area contributed by atoms with Gasteiger partial charge in [0.05, 0.1) is 24.4 Å². The molecule has 1 saturated carbocycles. The number of methoxy groups -OCH3 is 2. The van der Waals surface area contributed by atoms with Gasteiger partial charge in [-0.15, -0.1) is 0 Å². The lowest BCUT2D eigenvalue weighted by Crippen LogP contribution is -2.18. The van der Waals surface area contributed by atoms with Gasteiger partial charge < -0.3 is 14.8 Å². The van der Waals surface area contributed by atoms with Crippen molar-refractivity contribution in [2.45, 2.75) is 42.8 Å². The number of carbonyl (C=O) groups is 1. The van der Waals surface area contributed by atoms with Gasteiger partial charge in [-0.25, -0.2) is 8.42 Å². The molecule has 0 spiro atoms. The number of amides is 1. The second kappa shape index (κ2) is 8.22. The van der Waals surface area contributed by atoms with Crippen molar-refractivity contribution in [1.82, 2.24) is 0 Å². The fraction of sp³-hybridized carbons (Fsp3) is 0.381. The summed E-state index contributed by atoms with van der Waals surface area (Å²) >= 11 is 0. The van der Waals surface area contributed by atoms with Gasteiger partial charge in [0.2, 0.25) is 0 Å². The highest BCUT2D eigenvalue weighted by atomic mass is 32.2. The molecule has 0 atom stereocenters. The quantitative estimate of drug-likeness (QED) is 0.789. The second-order valence-electron chi connectivity index (χ2n) is 6.94. The minimum atomic E-state index is -3.38. The standard InChI is InChI=1S/C21H25NO5S/c1-14-19(26-2)11-15(12-20(14)27-3)21(23)22-16-7-6-10-18(13-16)28(24,25)17-8-4-5-9-17/h6-7,10-13,17H,4-5,8-9H2,1-3H3,(H,22,23). The lowest BCUT2D eigenvalue weighted by Gasteiger charge is -2.14. The molecule has 0 radical (unpaired) electrons. The Kier molecular flexibility index (Phi) is 5.93. The summed E-state index contributed by atoms with van der Waals surface area (Å²) in [6, 6.07) is 9.69. The monoisotopic (exact) mass is 403 g/mol. The van der Waals surface area contributed by atoms with Gasteiger partial charge in [0.25, 0.3) is 5.91 Å². The highest BCUT2D eigenvalue weighted by Gasteiger charge is 2.30. The molecule has 0 aliphatic heterocycles. The van der Waals surface area contributed by atoms with Gasteiger partial charge >= 0.3 is 0 Å². The Hall–Kier alpha value is -2.54. The van der Waals surface area contributed by atoms with E-state index < -0.39 is 9.84 Å². The number of carbonyl (C=O) groups excluding carboxylic acids is 1. The fourth-order valence-corrected chi connectivity index (χ4v) is 5.46. The zero-order valence-electron chi connectivity index (χ0n) is 16.3. The SMILES string of the molecule is COc1cc(C(=O)Nc2cccc(S(=O)(=O)C3CCCC3)c2)cc(OC)c1C. The summed E-state index contributed by atoms with van der Waals surface area (Å²) in [5, 5.41) is 2.44. The number of rotatable bonds is 6. The van der Waals surface area contributed by atoms with Crippen LogP contribution < -0.4 is 14.8 Å². The maximum atomic E-state index is 12.8. The van der Waals surface area contributed by atoms with Crippen molar-refractivity contribution in [1.29, 1.82) is 0 Å². The molecule has 2 aromatic carbocycles. The fourth-order valence-electron chi connectivity index (χ4n) is 3.56. The van der Waals surface area contributed by atoms with Crippen LogP contribution in [-0.2, 0) is 9.84 Å². The third-order valence-electron chi connectivity index (χ3n) is 5.18. The van der Waals surface area contributed by atoms with E-state index in [1.165, 1.54) is 20.3 Å². The number of sulfone groups is 1. The molecular formula is C21H25NO5S. The summed E-state index contributed by atoms with van der Waals surface area (Å²) in [6.07, 6.45) is 3.28. The number of hydrogen-bond donors (Lipinski definition) is 1. The molecule has 1 aliphatic rings. The molecule has 0 saturated heterocycles. The summed E-state index contributed by atoms with van der Waals surface area (Å²) in [5.74, 6) is 0.719. The highest BCUT2D eigenvalue weighted by molar-refractivity contribution is 7.92. The molecule has 1 N–H and O–H groups in total. The smallest absolute Gasteiger partial charge is 0.255 e. The van der Waals surface area contributed by atoms with Crippen LogP contribution in [0.4, 0.5) is 5.69 Å². The first-order chi connectivity index (χ1) is 13.4. The molecule has 7 heteroatoms. The van der Waals surface area contributed by atoms with Gasteiger partial charge in [0, 0.05) is 16.8 Å². The number of benzene rings is 2. The maximum absolute atomic E-state index is 12.8. The third kappa shape index (κ3) is 3.99. The minimum Gasteiger partial charge on any atom is -0.496 e. The number of hydrogen-bond acceptors (Lipinski definition) is 5. The minimum absolute atomic E-state index is 0.247. The molecule has 150 valence electrons. The van der Waals surface area contributed by atoms with Crippen LogP contribution in [-0.4, -0.2) is 33.8 Å². The largest absolute Gasteiger partial charge is 0.496 e. The Labute approximate surface area is 165 Å². The van der Waals surface area contributed by atoms with Crippen LogP contribution in [0.3, 0.4) is 0 Å². The van der Waals surface area contributed by atoms with Crippen LogP contribution >= 0.6 is 0 Å². The predicted octanol–water partition coefficient (Wildman–Crippen LogP) is 3.98. The molecule has 2 aromatic rings. The molecule has 1 amide bonds. The molecule has 0 bridgehead atoms. The topological polar surface area (TPSA) is 81.7 Å². The van der Waals surface area contributed by atoms with Crippen LogP contribution in [0.15, 0.2) is 41.3 Å². The van der Waals surface area contributed by atoms with Gasteiger partial charge in [-0.05, 0) is 50.1 Å². The molecule has 0 unspecified atom stereocenters. The zero-order chi connectivity index (χ0) is 20.3. The van der Waals surface area contributed by atoms with Crippen molar-refractivity contribution in [3.63, 3.8) is 0 Å². The van der Waals surface area contributed by atoms with Crippen LogP contribution in [0.2, 0.25) is 0 Å². The summed E-state index contributed by atoms with van der Waals surface area (Å²) in [4.78, 5) is 13.0. The molecular weight excluding hydrogens is 378 g/mol. The van der Waals surface area contributed by atoms with Crippen LogP contribution in [0.1, 0.15) is 41.6 Å². The van der Waals surface area contributed by atoms with Crippen LogP contribution in [0, 0.1) is 6.92 Å². The summed E-state index contributed by atoms with van der Waals surface area (Å²) in [6.45, 7) is 1.84. The van der Waals surface area contributed by atoms with Gasteiger partial charge in [-0.1, -0.05) is 18.9 Å². The van der Waals surface area contributed by atoms with Crippen LogP contribution in [0.25, 0.3) is 0 Å². The van der Waals surface area contributed by atoms with E-state index in [1.807, 2.05) is 6.92 Å². The molecule has 28 heavy (non-hydrogen) atoms. The summed E-state index contributed by atoms with van der Waals surface area (Å²) in [5.41, 5.74) is 1.59. The van der Waals surface area contributed by atoms with Crippen molar-refractivity contribution >= 4 is 21.4 Å². The van der Waals surface area contributed by atoms with Crippen molar-refractivity contribution in [3.8, 4) is 11.5 Å². The zero-order valence-corrected chi connectivity index (χ0v) is 17.1. The Morgan fingerprint density at radius 1 is 1.04 bits per heavy atom. The molecule has 0 aromatic heterocycles. The van der Waals surface area contributed by atoms with Gasteiger partial charge in [0.15, 0.2) is 9.84 Å². The van der Waals surface area contributed by atoms with Crippen molar-refractivity contribution < 1.29 is 22.7 Å². The molecule has 3 rings (SSSR count). The Balaban J connectivity index is 1.85. The van der Waals surface area contributed by atoms with E-state index in [0.717, 1.165) is 18.4 Å². The first-order valence-electron chi connectivity index (χ1n) is 9.24. The summed E-state index contributed by atoms with van der Waals surface area (Å²) < 4.78 is 36.2. The first kappa shape index (κ1) is 20.2. The lowest BCUT2D eigenvalue weighted by molar-refractivity contribution is 0.102. The van der Waals surface area contributed by atoms with Crippen molar-refractivity contribution in [2.75, 3.05) is 19.5 Å². The Bertz CT molecular complexity index is 953. The highest BCUT2D eigenvalue weighted by Crippen LogP contribution is 2.32. The van der Waals surface area contributed by atoms with Gasteiger partial charge in [-0.3, -0.25) is 4.79 Å². The first-order valence-corrected chi connectivity index (χ1v) is 10.8. The van der Waals surface area contributed by atoms with E-state index in [2.05, 4.69) is 5.32 Å². The van der Waals surface area contributed by atoms with E-state index in [0.29, 0.717) is 35.6 Å². The van der Waals surface area contributed by atoms with Crippen molar-refractivity contribution in [2.24, 2.45) is 0 Å². The average Bonchev–Trinajstić information content (AvgIpc) is 3.24. The number of ether oxygens (including phenoxy) is 2. The lowest BCUT2D eigenvalue weighted by atomic mass is 10.1. The van der Waals surface area contributed by atoms with Crippen LogP contribution in [0.5, 0.6) is 11.5 Å². The third-order valence-corrected chi connectivity index (χ3v) is 7.44. The maximum Gasteiger partial charge on any atom is 0.255 e. The molecule has 1 aliphatic carbocycles. The average molecular weight is 404 g/mol. The van der Waals surface area contributed by atoms with Gasteiger partial charge in [-0.2, -0.15) is 0 Å². The molecule has 1 fully saturated rings. The normalized spacial score (nSPS) is 14.7. The Morgan fingerprint density at radius 2 is 1.64 bits per heavy atom. The second-order valence-corrected chi connectivity index (χ2v) is 9.17.